The summed E-state index contributed by atoms with van der Waals surface area (Å²) in [7, 11) is -2.28. The van der Waals surface area contributed by atoms with Gasteiger partial charge in [-0.25, -0.2) is 0 Å². The minimum atomic E-state index is -3.72. The van der Waals surface area contributed by atoms with Gasteiger partial charge in [0.1, 0.15) is 0 Å². The first-order valence-corrected chi connectivity index (χ1v) is 11.6. The number of fused-ring (bicyclic) bond motifs is 1. The van der Waals surface area contributed by atoms with E-state index in [2.05, 4.69) is 0 Å². The number of carbonyl (C=O) groups is 1. The van der Waals surface area contributed by atoms with Gasteiger partial charge in [0.05, 0.1) is 12.9 Å². The Morgan fingerprint density at radius 1 is 1.10 bits per heavy atom. The Morgan fingerprint density at radius 3 is 2.52 bits per heavy atom. The first-order valence-electron chi connectivity index (χ1n) is 10.1. The van der Waals surface area contributed by atoms with Crippen molar-refractivity contribution >= 4 is 16.0 Å². The fraction of sp³-hybridized carbons (Fsp3) is 0.409. The number of nitrogens with zero attached hydrogens (tertiary/aromatic N) is 1. The van der Waals surface area contributed by atoms with E-state index >= 15 is 0 Å². The summed E-state index contributed by atoms with van der Waals surface area (Å²) in [6, 6.07) is 10.1. The topological polar surface area (TPSA) is 91.4 Å². The summed E-state index contributed by atoms with van der Waals surface area (Å²) in [5.74, 6) is 1.23. The van der Waals surface area contributed by atoms with Gasteiger partial charge in [-0.05, 0) is 56.2 Å². The summed E-state index contributed by atoms with van der Waals surface area (Å²) >= 11 is 0. The molecule has 1 amide bonds. The van der Waals surface area contributed by atoms with E-state index in [1.54, 1.807) is 41.3 Å². The zero-order valence-corrected chi connectivity index (χ0v) is 18.9. The van der Waals surface area contributed by atoms with Gasteiger partial charge in [-0.1, -0.05) is 13.0 Å². The molecule has 31 heavy (non-hydrogen) atoms. The van der Waals surface area contributed by atoms with Crippen LogP contribution in [0.15, 0.2) is 36.4 Å². The van der Waals surface area contributed by atoms with Crippen LogP contribution in [0.5, 0.6) is 23.0 Å². The van der Waals surface area contributed by atoms with Crippen molar-refractivity contribution in [3.05, 3.63) is 47.5 Å². The predicted molar refractivity (Wildman–Crippen MR) is 115 cm³/mol. The molecule has 1 aliphatic rings. The van der Waals surface area contributed by atoms with Crippen molar-refractivity contribution in [2.45, 2.75) is 39.8 Å². The van der Waals surface area contributed by atoms with Gasteiger partial charge in [0.2, 0.25) is 6.79 Å². The molecule has 2 aromatic rings. The van der Waals surface area contributed by atoms with Crippen molar-refractivity contribution in [2.24, 2.45) is 0 Å². The van der Waals surface area contributed by atoms with Crippen LogP contribution in [0, 0.1) is 0 Å². The van der Waals surface area contributed by atoms with Gasteiger partial charge in [0, 0.05) is 18.2 Å². The summed E-state index contributed by atoms with van der Waals surface area (Å²) in [5.41, 5.74) is 1.21. The lowest BCUT2D eigenvalue weighted by atomic mass is 10.1. The molecule has 0 fully saturated rings. The number of rotatable bonds is 9. The molecule has 1 heterocycles. The Balaban J connectivity index is 1.89. The van der Waals surface area contributed by atoms with Crippen LogP contribution < -0.4 is 18.4 Å². The first kappa shape index (κ1) is 22.7. The summed E-state index contributed by atoms with van der Waals surface area (Å²) in [6.45, 7) is 5.88. The lowest BCUT2D eigenvalue weighted by molar-refractivity contribution is 0.0671. The van der Waals surface area contributed by atoms with E-state index in [0.717, 1.165) is 12.0 Å². The van der Waals surface area contributed by atoms with Gasteiger partial charge in [-0.2, -0.15) is 8.42 Å². The maximum absolute atomic E-state index is 13.3. The van der Waals surface area contributed by atoms with E-state index in [9.17, 15) is 13.2 Å². The molecule has 3 rings (SSSR count). The highest BCUT2D eigenvalue weighted by molar-refractivity contribution is 7.87. The number of methoxy groups -OCH3 is 1. The van der Waals surface area contributed by atoms with Crippen molar-refractivity contribution < 1.29 is 31.6 Å². The van der Waals surface area contributed by atoms with E-state index in [0.29, 0.717) is 22.8 Å². The van der Waals surface area contributed by atoms with Crippen LogP contribution in [-0.2, 0) is 16.7 Å². The lowest BCUT2D eigenvalue weighted by Gasteiger charge is -2.29. The molecule has 2 aromatic carbocycles. The Kier molecular flexibility index (Phi) is 6.94. The second-order valence-corrected chi connectivity index (χ2v) is 9.03. The van der Waals surface area contributed by atoms with Crippen molar-refractivity contribution in [1.82, 2.24) is 4.90 Å². The van der Waals surface area contributed by atoms with Crippen LogP contribution in [0.2, 0.25) is 0 Å². The van der Waals surface area contributed by atoms with Gasteiger partial charge in [0.15, 0.2) is 23.0 Å². The van der Waals surface area contributed by atoms with Gasteiger partial charge in [0.25, 0.3) is 5.91 Å². The van der Waals surface area contributed by atoms with Gasteiger partial charge < -0.3 is 23.3 Å². The number of carbonyl (C=O) groups excluding carboxylic acids is 1. The summed E-state index contributed by atoms with van der Waals surface area (Å²) < 4.78 is 45.0. The first-order chi connectivity index (χ1) is 14.8. The monoisotopic (exact) mass is 449 g/mol. The molecule has 8 nitrogen and oxygen atoms in total. The highest BCUT2D eigenvalue weighted by Gasteiger charge is 2.24. The molecule has 0 N–H and O–H groups in total. The molecule has 0 aromatic heterocycles. The van der Waals surface area contributed by atoms with Crippen molar-refractivity contribution in [1.29, 1.82) is 0 Å². The average molecular weight is 450 g/mol. The molecule has 1 aliphatic heterocycles. The van der Waals surface area contributed by atoms with Gasteiger partial charge in [-0.15, -0.1) is 0 Å². The predicted octanol–water partition coefficient (Wildman–Crippen LogP) is 3.59. The van der Waals surface area contributed by atoms with E-state index < -0.39 is 10.1 Å². The fourth-order valence-corrected chi connectivity index (χ4v) is 3.64. The molecule has 1 unspecified atom stereocenters. The van der Waals surface area contributed by atoms with Crippen LogP contribution in [0.1, 0.15) is 43.1 Å². The molecule has 0 radical (unpaired) electrons. The zero-order valence-electron chi connectivity index (χ0n) is 18.1. The number of amides is 1. The highest BCUT2D eigenvalue weighted by atomic mass is 32.2. The third kappa shape index (κ3) is 5.22. The molecule has 0 aliphatic carbocycles. The average Bonchev–Trinajstić information content (AvgIpc) is 3.24. The van der Waals surface area contributed by atoms with Crippen LogP contribution in [0.4, 0.5) is 0 Å². The van der Waals surface area contributed by atoms with Gasteiger partial charge in [-0.3, -0.25) is 4.79 Å². The number of hydrogen-bond acceptors (Lipinski definition) is 7. The Hall–Kier alpha value is -2.94. The van der Waals surface area contributed by atoms with Crippen LogP contribution in [0.25, 0.3) is 0 Å². The largest absolute Gasteiger partial charge is 0.493 e. The SMILES string of the molecule is CCC(C)N(Cc1ccc(OC)c(OS(=O)(=O)CC)c1)C(=O)c1ccc2c(c1)OCO2. The standard InChI is InChI=1S/C22H27NO7S/c1-5-15(3)23(22(24)17-8-10-19-20(12-17)29-14-28-19)13-16-7-9-18(27-4)21(11-16)30-31(25,26)6-2/h7-12,15H,5-6,13-14H2,1-4H3. The van der Waals surface area contributed by atoms with Crippen molar-refractivity contribution in [3.63, 3.8) is 0 Å². The highest BCUT2D eigenvalue weighted by Crippen LogP contribution is 2.34. The van der Waals surface area contributed by atoms with Crippen LogP contribution in [-0.4, -0.2) is 44.9 Å². The molecule has 0 saturated heterocycles. The quantitative estimate of drug-likeness (QED) is 0.540. The molecule has 9 heteroatoms. The van der Waals surface area contributed by atoms with Crippen LogP contribution >= 0.6 is 0 Å². The third-order valence-electron chi connectivity index (χ3n) is 5.15. The Bertz CT molecular complexity index is 1050. The molecule has 0 saturated carbocycles. The third-order valence-corrected chi connectivity index (χ3v) is 6.30. The van der Waals surface area contributed by atoms with Crippen molar-refractivity contribution in [2.75, 3.05) is 19.7 Å². The summed E-state index contributed by atoms with van der Waals surface area (Å²) in [4.78, 5) is 15.0. The molecular formula is C22H27NO7S. The van der Waals surface area contributed by atoms with E-state index in [4.69, 9.17) is 18.4 Å². The van der Waals surface area contributed by atoms with E-state index in [1.807, 2.05) is 13.8 Å². The normalized spacial score (nSPS) is 13.5. The number of ether oxygens (including phenoxy) is 3. The second-order valence-electron chi connectivity index (χ2n) is 7.17. The molecule has 0 spiro atoms. The number of benzene rings is 2. The Morgan fingerprint density at radius 2 is 1.84 bits per heavy atom. The van der Waals surface area contributed by atoms with E-state index in [-0.39, 0.29) is 36.8 Å². The lowest BCUT2D eigenvalue weighted by Crippen LogP contribution is -2.37. The Labute approximate surface area is 182 Å². The maximum atomic E-state index is 13.3. The zero-order chi connectivity index (χ0) is 22.6. The molecular weight excluding hydrogens is 422 g/mol. The minimum Gasteiger partial charge on any atom is -0.493 e. The van der Waals surface area contributed by atoms with Crippen LogP contribution in [0.3, 0.4) is 0 Å². The number of hydrogen-bond donors (Lipinski definition) is 0. The molecule has 1 atom stereocenters. The smallest absolute Gasteiger partial charge is 0.309 e. The molecule has 0 bridgehead atoms. The van der Waals surface area contributed by atoms with Crippen molar-refractivity contribution in [3.8, 4) is 23.0 Å². The maximum Gasteiger partial charge on any atom is 0.309 e. The summed E-state index contributed by atoms with van der Waals surface area (Å²) in [6.07, 6.45) is 0.750. The summed E-state index contributed by atoms with van der Waals surface area (Å²) in [5, 5.41) is 0. The molecule has 168 valence electrons. The fourth-order valence-electron chi connectivity index (χ4n) is 3.12. The minimum absolute atomic E-state index is 0.0521. The van der Waals surface area contributed by atoms with Gasteiger partial charge >= 0.3 is 10.1 Å². The second kappa shape index (κ2) is 9.47. The van der Waals surface area contributed by atoms with E-state index in [1.165, 1.54) is 14.0 Å².